The van der Waals surface area contributed by atoms with Crippen LogP contribution in [0, 0.1) is 0 Å². The summed E-state index contributed by atoms with van der Waals surface area (Å²) in [6, 6.07) is 22.1. The molecular weight excluding hydrogens is 518 g/mol. The van der Waals surface area contributed by atoms with Crippen LogP contribution in [0.3, 0.4) is 0 Å². The lowest BCUT2D eigenvalue weighted by Gasteiger charge is -2.27. The largest absolute Gasteiger partial charge is 0.508 e. The number of hydrogen-bond donors (Lipinski definition) is 2. The van der Waals surface area contributed by atoms with Gasteiger partial charge in [-0.3, -0.25) is 0 Å². The molecule has 2 aliphatic rings. The molecule has 2 aliphatic heterocycles. The number of hydrogen-bond acceptors (Lipinski definition) is 4. The molecule has 0 unspecified atom stereocenters. The number of phenols is 2. The summed E-state index contributed by atoms with van der Waals surface area (Å²) in [5.74, 6) is 0.838. The molecule has 0 aliphatic carbocycles. The van der Waals surface area contributed by atoms with Crippen LogP contribution in [0.5, 0.6) is 23.0 Å². The van der Waals surface area contributed by atoms with Crippen LogP contribution in [-0.4, -0.2) is 10.2 Å². The third-order valence-electron chi connectivity index (χ3n) is 5.47. The number of benzene rings is 4. The zero-order valence-corrected chi connectivity index (χ0v) is 20.6. The maximum atomic E-state index is 13.7. The molecule has 7 heteroatoms. The average molecular weight is 541 g/mol. The Labute approximate surface area is 210 Å². The first kappa shape index (κ1) is 24.5. The Kier molecular flexibility index (Phi) is 6.98. The molecule has 6 rings (SSSR count). The summed E-state index contributed by atoms with van der Waals surface area (Å²) in [6.45, 7) is 4.56. The highest BCUT2D eigenvalue weighted by Gasteiger charge is 2.41. The molecule has 0 fully saturated rings. The van der Waals surface area contributed by atoms with Gasteiger partial charge in [-0.15, -0.1) is 0 Å². The number of rotatable bonds is 0. The summed E-state index contributed by atoms with van der Waals surface area (Å²) < 4.78 is 38.3. The van der Waals surface area contributed by atoms with E-state index in [2.05, 4.69) is 32.8 Å². The van der Waals surface area contributed by atoms with Crippen molar-refractivity contribution in [1.82, 2.24) is 0 Å². The quantitative estimate of drug-likeness (QED) is 0.235. The van der Waals surface area contributed by atoms with Crippen molar-refractivity contribution in [1.29, 1.82) is 0 Å². The number of ether oxygens (including phenoxy) is 2. The van der Waals surface area contributed by atoms with Gasteiger partial charge in [0.05, 0.1) is 10.0 Å². The second kappa shape index (κ2) is 9.96. The van der Waals surface area contributed by atoms with Gasteiger partial charge in [0.1, 0.15) is 29.6 Å². The third-order valence-corrected chi connectivity index (χ3v) is 6.11. The van der Waals surface area contributed by atoms with Gasteiger partial charge >= 0.3 is 6.11 Å². The maximum Gasteiger partial charge on any atom is 0.427 e. The SMILES string of the molecule is CC.Oc1cc2c(cc1Br)-c1ccccc1CO2.Oc1ccc2c(c1)OC(F)(F)c1ccccc1-2. The van der Waals surface area contributed by atoms with Crippen molar-refractivity contribution in [2.75, 3.05) is 0 Å². The van der Waals surface area contributed by atoms with Crippen molar-refractivity contribution in [2.45, 2.75) is 26.6 Å². The topological polar surface area (TPSA) is 58.9 Å². The van der Waals surface area contributed by atoms with Gasteiger partial charge in [0.15, 0.2) is 0 Å². The molecule has 2 heterocycles. The summed E-state index contributed by atoms with van der Waals surface area (Å²) in [5.41, 5.74) is 4.20. The smallest absolute Gasteiger partial charge is 0.427 e. The minimum absolute atomic E-state index is 0.00583. The van der Waals surface area contributed by atoms with E-state index in [1.165, 1.54) is 29.3 Å². The summed E-state index contributed by atoms with van der Waals surface area (Å²) >= 11 is 3.32. The van der Waals surface area contributed by atoms with Crippen LogP contribution in [0.1, 0.15) is 25.0 Å². The number of aromatic hydroxyl groups is 2. The average Bonchev–Trinajstić information content (AvgIpc) is 2.86. The summed E-state index contributed by atoms with van der Waals surface area (Å²) in [4.78, 5) is 0. The number of fused-ring (bicyclic) bond motifs is 6. The van der Waals surface area contributed by atoms with Crippen LogP contribution < -0.4 is 9.47 Å². The molecule has 0 spiro atoms. The van der Waals surface area contributed by atoms with Crippen LogP contribution in [0.25, 0.3) is 22.3 Å². The minimum Gasteiger partial charge on any atom is -0.508 e. The van der Waals surface area contributed by atoms with Crippen LogP contribution >= 0.6 is 15.9 Å². The third kappa shape index (κ3) is 4.82. The van der Waals surface area contributed by atoms with Crippen molar-refractivity contribution in [3.8, 4) is 45.3 Å². The van der Waals surface area contributed by atoms with E-state index < -0.39 is 6.11 Å². The van der Waals surface area contributed by atoms with Gasteiger partial charge in [-0.1, -0.05) is 56.3 Å². The Hall–Kier alpha value is -3.58. The Morgan fingerprint density at radius 3 is 2.23 bits per heavy atom. The molecule has 180 valence electrons. The molecule has 0 bridgehead atoms. The number of phenolic OH excluding ortho intramolecular Hbond substituents is 2. The second-order valence-corrected chi connectivity index (χ2v) is 8.44. The molecule has 0 atom stereocenters. The number of alkyl halides is 2. The van der Waals surface area contributed by atoms with Crippen LogP contribution in [0.4, 0.5) is 8.78 Å². The molecule has 4 aromatic carbocycles. The summed E-state index contributed by atoms with van der Waals surface area (Å²) in [7, 11) is 0. The van der Waals surface area contributed by atoms with E-state index in [9.17, 15) is 19.0 Å². The predicted molar refractivity (Wildman–Crippen MR) is 135 cm³/mol. The fourth-order valence-corrected chi connectivity index (χ4v) is 4.26. The lowest BCUT2D eigenvalue weighted by atomic mass is 9.96. The Morgan fingerprint density at radius 1 is 0.771 bits per heavy atom. The number of halogens is 3. The maximum absolute atomic E-state index is 13.7. The highest BCUT2D eigenvalue weighted by Crippen LogP contribution is 2.47. The monoisotopic (exact) mass is 540 g/mol. The van der Waals surface area contributed by atoms with Gasteiger partial charge in [-0.2, -0.15) is 8.78 Å². The fraction of sp³-hybridized carbons (Fsp3) is 0.143. The van der Waals surface area contributed by atoms with Crippen LogP contribution in [-0.2, 0) is 12.7 Å². The van der Waals surface area contributed by atoms with Crippen molar-refractivity contribution in [3.05, 3.63) is 94.5 Å². The van der Waals surface area contributed by atoms with E-state index in [0.29, 0.717) is 22.2 Å². The van der Waals surface area contributed by atoms with Crippen LogP contribution in [0.2, 0.25) is 0 Å². The fourth-order valence-electron chi connectivity index (χ4n) is 3.92. The highest BCUT2D eigenvalue weighted by atomic mass is 79.9. The predicted octanol–water partition coefficient (Wildman–Crippen LogP) is 8.24. The normalized spacial score (nSPS) is 13.5. The molecule has 2 N–H and O–H groups in total. The zero-order valence-electron chi connectivity index (χ0n) is 19.1. The van der Waals surface area contributed by atoms with Crippen molar-refractivity contribution in [2.24, 2.45) is 0 Å². The molecule has 0 radical (unpaired) electrons. The Balaban J connectivity index is 0.000000155. The first-order valence-electron chi connectivity index (χ1n) is 11.1. The standard InChI is InChI=1S/C13H9BrO2.C13H8F2O2.C2H6/c14-11-5-10-9-4-2-1-3-8(9)7-16-13(10)6-12(11)15;14-13(15)11-4-2-1-3-9(11)10-6-5-8(16)7-12(10)17-13;1-2/h1-6,15H,7H2;1-7,16H;1-2H3. The lowest BCUT2D eigenvalue weighted by molar-refractivity contribution is -0.187. The van der Waals surface area contributed by atoms with E-state index in [1.807, 2.05) is 32.0 Å². The van der Waals surface area contributed by atoms with E-state index in [1.54, 1.807) is 30.3 Å². The van der Waals surface area contributed by atoms with Gasteiger partial charge in [-0.05, 0) is 56.9 Å². The Bertz CT molecular complexity index is 1370. The highest BCUT2D eigenvalue weighted by molar-refractivity contribution is 9.10. The van der Waals surface area contributed by atoms with E-state index in [-0.39, 0.29) is 22.8 Å². The van der Waals surface area contributed by atoms with Gasteiger partial charge in [0.25, 0.3) is 0 Å². The molecule has 35 heavy (non-hydrogen) atoms. The van der Waals surface area contributed by atoms with Gasteiger partial charge < -0.3 is 19.7 Å². The van der Waals surface area contributed by atoms with Crippen LogP contribution in [0.15, 0.2) is 83.3 Å². The van der Waals surface area contributed by atoms with Crippen molar-refractivity contribution < 1.29 is 28.5 Å². The first-order chi connectivity index (χ1) is 16.8. The Morgan fingerprint density at radius 2 is 1.46 bits per heavy atom. The van der Waals surface area contributed by atoms with Gasteiger partial charge in [-0.25, -0.2) is 0 Å². The van der Waals surface area contributed by atoms with Crippen molar-refractivity contribution in [3.63, 3.8) is 0 Å². The van der Waals surface area contributed by atoms with E-state index in [0.717, 1.165) is 11.3 Å². The summed E-state index contributed by atoms with van der Waals surface area (Å²) in [6.07, 6.45) is -3.36. The van der Waals surface area contributed by atoms with Gasteiger partial charge in [0, 0.05) is 23.3 Å². The lowest BCUT2D eigenvalue weighted by Crippen LogP contribution is -2.26. The molecule has 0 aromatic heterocycles. The zero-order chi connectivity index (χ0) is 25.2. The molecule has 0 saturated carbocycles. The van der Waals surface area contributed by atoms with E-state index in [4.69, 9.17) is 4.74 Å². The minimum atomic E-state index is -3.36. The molecule has 4 aromatic rings. The molecular formula is C28H23BrF2O4. The van der Waals surface area contributed by atoms with E-state index >= 15 is 0 Å². The molecule has 4 nitrogen and oxygen atoms in total. The molecule has 0 amide bonds. The summed E-state index contributed by atoms with van der Waals surface area (Å²) in [5, 5.41) is 18.9. The van der Waals surface area contributed by atoms with Gasteiger partial charge in [0.2, 0.25) is 0 Å². The van der Waals surface area contributed by atoms with Crippen molar-refractivity contribution >= 4 is 15.9 Å². The first-order valence-corrected chi connectivity index (χ1v) is 11.9. The molecule has 0 saturated heterocycles. The second-order valence-electron chi connectivity index (χ2n) is 7.59.